The average molecular weight is 327 g/mol. The number of aromatic nitrogens is 2. The minimum Gasteiger partial charge on any atom is -0.374 e. The lowest BCUT2D eigenvalue weighted by Crippen LogP contribution is -2.14. The van der Waals surface area contributed by atoms with Crippen LogP contribution in [0.1, 0.15) is 28.4 Å². The lowest BCUT2D eigenvalue weighted by atomic mass is 9.96. The molecule has 0 saturated carbocycles. The van der Waals surface area contributed by atoms with Gasteiger partial charge in [-0.1, -0.05) is 36.4 Å². The second-order valence-corrected chi connectivity index (χ2v) is 6.38. The number of nitrogens with zero attached hydrogens (tertiary/aromatic N) is 1. The predicted octanol–water partition coefficient (Wildman–Crippen LogP) is 5.38. The Balaban J connectivity index is 1.88. The quantitative estimate of drug-likeness (QED) is 0.528. The smallest absolute Gasteiger partial charge is 0.0792 e. The largest absolute Gasteiger partial charge is 0.374 e. The number of nitrogens with one attached hydrogen (secondary N) is 2. The molecule has 0 amide bonds. The van der Waals surface area contributed by atoms with E-state index in [9.17, 15) is 0 Å². The number of benzene rings is 2. The number of anilines is 1. The van der Waals surface area contributed by atoms with Gasteiger partial charge in [0.1, 0.15) is 0 Å². The molecule has 3 heteroatoms. The zero-order valence-corrected chi connectivity index (χ0v) is 14.5. The third kappa shape index (κ3) is 2.89. The summed E-state index contributed by atoms with van der Waals surface area (Å²) in [6.07, 6.45) is 3.71. The van der Waals surface area contributed by atoms with E-state index >= 15 is 0 Å². The number of aromatic amines is 1. The van der Waals surface area contributed by atoms with Crippen LogP contribution >= 0.6 is 0 Å². The molecular weight excluding hydrogens is 306 g/mol. The molecule has 4 rings (SSSR count). The van der Waals surface area contributed by atoms with Gasteiger partial charge in [0.15, 0.2) is 0 Å². The first-order chi connectivity index (χ1) is 12.2. The number of aryl methyl sites for hydroxylation is 2. The SMILES string of the molecule is Cc1ccccc1N[C@H](c1ccncc1)c1c(C)[nH]c2ccccc12. The first-order valence-electron chi connectivity index (χ1n) is 8.53. The maximum absolute atomic E-state index is 4.18. The zero-order chi connectivity index (χ0) is 17.2. The van der Waals surface area contributed by atoms with Crippen molar-refractivity contribution in [2.45, 2.75) is 19.9 Å². The van der Waals surface area contributed by atoms with Crippen molar-refractivity contribution in [3.05, 3.63) is 95.4 Å². The standard InChI is InChI=1S/C22H21N3/c1-15-7-3-5-9-19(15)25-22(17-11-13-23-14-12-17)21-16(2)24-20-10-6-4-8-18(20)21/h3-14,22,24-25H,1-2H3/t22-/m1/s1. The minimum atomic E-state index is 0.0558. The molecule has 0 fully saturated rings. The number of H-pyrrole nitrogens is 1. The summed E-state index contributed by atoms with van der Waals surface area (Å²) in [4.78, 5) is 7.70. The van der Waals surface area contributed by atoms with Crippen LogP contribution in [0, 0.1) is 13.8 Å². The van der Waals surface area contributed by atoms with Gasteiger partial charge in [0, 0.05) is 40.2 Å². The van der Waals surface area contributed by atoms with Gasteiger partial charge in [0.2, 0.25) is 0 Å². The summed E-state index contributed by atoms with van der Waals surface area (Å²) in [5.41, 5.74) is 7.22. The van der Waals surface area contributed by atoms with Crippen LogP contribution in [0.3, 0.4) is 0 Å². The second-order valence-electron chi connectivity index (χ2n) is 6.38. The van der Waals surface area contributed by atoms with Crippen molar-refractivity contribution in [3.63, 3.8) is 0 Å². The Labute approximate surface area is 147 Å². The number of rotatable bonds is 4. The lowest BCUT2D eigenvalue weighted by molar-refractivity contribution is 0.926. The van der Waals surface area contributed by atoms with Gasteiger partial charge < -0.3 is 10.3 Å². The molecule has 124 valence electrons. The second kappa shape index (κ2) is 6.44. The fraction of sp³-hybridized carbons (Fsp3) is 0.136. The fourth-order valence-electron chi connectivity index (χ4n) is 3.44. The van der Waals surface area contributed by atoms with E-state index in [2.05, 4.69) is 89.8 Å². The van der Waals surface area contributed by atoms with Crippen molar-refractivity contribution < 1.29 is 0 Å². The molecule has 0 aliphatic carbocycles. The highest BCUT2D eigenvalue weighted by atomic mass is 14.9. The Morgan fingerprint density at radius 2 is 1.60 bits per heavy atom. The van der Waals surface area contributed by atoms with Crippen LogP contribution < -0.4 is 5.32 Å². The molecule has 0 radical (unpaired) electrons. The molecule has 0 bridgehead atoms. The van der Waals surface area contributed by atoms with Gasteiger partial charge in [-0.3, -0.25) is 4.98 Å². The van der Waals surface area contributed by atoms with Gasteiger partial charge in [-0.2, -0.15) is 0 Å². The monoisotopic (exact) mass is 327 g/mol. The first-order valence-corrected chi connectivity index (χ1v) is 8.53. The highest BCUT2D eigenvalue weighted by Crippen LogP contribution is 2.34. The van der Waals surface area contributed by atoms with Gasteiger partial charge in [0.05, 0.1) is 6.04 Å². The summed E-state index contributed by atoms with van der Waals surface area (Å²) >= 11 is 0. The summed E-state index contributed by atoms with van der Waals surface area (Å²) in [6, 6.07) is 21.1. The van der Waals surface area contributed by atoms with Gasteiger partial charge in [-0.05, 0) is 49.2 Å². The summed E-state index contributed by atoms with van der Waals surface area (Å²) in [5.74, 6) is 0. The van der Waals surface area contributed by atoms with Crippen molar-refractivity contribution in [3.8, 4) is 0 Å². The van der Waals surface area contributed by atoms with E-state index in [1.807, 2.05) is 12.4 Å². The molecule has 2 heterocycles. The lowest BCUT2D eigenvalue weighted by Gasteiger charge is -2.22. The molecule has 25 heavy (non-hydrogen) atoms. The van der Waals surface area contributed by atoms with Crippen LogP contribution in [0.5, 0.6) is 0 Å². The molecule has 0 saturated heterocycles. The molecule has 2 aromatic carbocycles. The molecule has 0 aliphatic heterocycles. The molecule has 1 atom stereocenters. The van der Waals surface area contributed by atoms with Gasteiger partial charge >= 0.3 is 0 Å². The van der Waals surface area contributed by atoms with Crippen molar-refractivity contribution in [2.75, 3.05) is 5.32 Å². The van der Waals surface area contributed by atoms with Gasteiger partial charge in [-0.15, -0.1) is 0 Å². The molecule has 2 aromatic heterocycles. The maximum atomic E-state index is 4.18. The first kappa shape index (κ1) is 15.5. The van der Waals surface area contributed by atoms with Crippen LogP contribution in [-0.4, -0.2) is 9.97 Å². The molecule has 0 spiro atoms. The van der Waals surface area contributed by atoms with E-state index in [-0.39, 0.29) is 6.04 Å². The highest BCUT2D eigenvalue weighted by molar-refractivity contribution is 5.86. The van der Waals surface area contributed by atoms with Crippen molar-refractivity contribution in [2.24, 2.45) is 0 Å². The molecule has 4 aromatic rings. The number of hydrogen-bond acceptors (Lipinski definition) is 2. The van der Waals surface area contributed by atoms with Crippen molar-refractivity contribution >= 4 is 16.6 Å². The van der Waals surface area contributed by atoms with Gasteiger partial charge in [0.25, 0.3) is 0 Å². The number of para-hydroxylation sites is 2. The Morgan fingerprint density at radius 3 is 2.40 bits per heavy atom. The highest BCUT2D eigenvalue weighted by Gasteiger charge is 2.21. The Kier molecular flexibility index (Phi) is 3.98. The van der Waals surface area contributed by atoms with Crippen LogP contribution in [0.4, 0.5) is 5.69 Å². The van der Waals surface area contributed by atoms with Crippen molar-refractivity contribution in [1.82, 2.24) is 9.97 Å². The zero-order valence-electron chi connectivity index (χ0n) is 14.5. The molecular formula is C22H21N3. The molecule has 2 N–H and O–H groups in total. The number of fused-ring (bicyclic) bond motifs is 1. The van der Waals surface area contributed by atoms with Crippen LogP contribution in [0.15, 0.2) is 73.1 Å². The predicted molar refractivity (Wildman–Crippen MR) is 104 cm³/mol. The number of pyridine rings is 1. The van der Waals surface area contributed by atoms with Crippen LogP contribution in [-0.2, 0) is 0 Å². The third-order valence-corrected chi connectivity index (χ3v) is 4.72. The van der Waals surface area contributed by atoms with Gasteiger partial charge in [-0.25, -0.2) is 0 Å². The van der Waals surface area contributed by atoms with E-state index in [4.69, 9.17) is 0 Å². The summed E-state index contributed by atoms with van der Waals surface area (Å²) in [7, 11) is 0. The molecule has 0 unspecified atom stereocenters. The third-order valence-electron chi connectivity index (χ3n) is 4.72. The van der Waals surface area contributed by atoms with E-state index < -0.39 is 0 Å². The number of hydrogen-bond donors (Lipinski definition) is 2. The summed E-state index contributed by atoms with van der Waals surface area (Å²) in [5, 5.41) is 5.00. The average Bonchev–Trinajstić information content (AvgIpc) is 2.97. The van der Waals surface area contributed by atoms with Crippen LogP contribution in [0.25, 0.3) is 10.9 Å². The summed E-state index contributed by atoms with van der Waals surface area (Å²) in [6.45, 7) is 4.27. The minimum absolute atomic E-state index is 0.0558. The Hall–Kier alpha value is -3.07. The van der Waals surface area contributed by atoms with Crippen LogP contribution in [0.2, 0.25) is 0 Å². The maximum Gasteiger partial charge on any atom is 0.0792 e. The Morgan fingerprint density at radius 1 is 0.880 bits per heavy atom. The molecule has 3 nitrogen and oxygen atoms in total. The fourth-order valence-corrected chi connectivity index (χ4v) is 3.44. The summed E-state index contributed by atoms with van der Waals surface area (Å²) < 4.78 is 0. The van der Waals surface area contributed by atoms with E-state index in [1.54, 1.807) is 0 Å². The molecule has 0 aliphatic rings. The normalized spacial score (nSPS) is 12.2. The van der Waals surface area contributed by atoms with E-state index in [0.717, 1.165) is 5.69 Å². The van der Waals surface area contributed by atoms with Crippen molar-refractivity contribution in [1.29, 1.82) is 0 Å². The topological polar surface area (TPSA) is 40.7 Å². The van der Waals surface area contributed by atoms with E-state index in [1.165, 1.54) is 33.3 Å². The Bertz CT molecular complexity index is 1000. The van der Waals surface area contributed by atoms with E-state index in [0.29, 0.717) is 0 Å².